The molecule has 2 aromatic rings. The van der Waals surface area contributed by atoms with Gasteiger partial charge in [-0.05, 0) is 50.3 Å². The number of likely N-dealkylation sites (tertiary alicyclic amines) is 1. The lowest BCUT2D eigenvalue weighted by Crippen LogP contribution is -2.36. The third-order valence-corrected chi connectivity index (χ3v) is 4.46. The number of hydrogen-bond donors (Lipinski definition) is 1. The van der Waals surface area contributed by atoms with Crippen molar-refractivity contribution in [3.05, 3.63) is 28.5 Å². The zero-order valence-corrected chi connectivity index (χ0v) is 12.4. The summed E-state index contributed by atoms with van der Waals surface area (Å²) < 4.78 is 2.93. The number of hydrogen-bond acceptors (Lipinski definition) is 3. The van der Waals surface area contributed by atoms with Crippen LogP contribution in [0.1, 0.15) is 31.4 Å². The van der Waals surface area contributed by atoms with Crippen molar-refractivity contribution in [2.45, 2.75) is 25.8 Å². The number of para-hydroxylation sites is 1. The standard InChI is InChI=1S/C15H18N4S/c1-2-18-8-4-6-12(10-18)19-13-7-3-5-11(9-16)14(13)17-15(19)20/h3,5,7,12H,2,4,6,8,10H2,1H3,(H,17,20). The van der Waals surface area contributed by atoms with Crippen molar-refractivity contribution in [1.82, 2.24) is 14.5 Å². The number of nitrogens with one attached hydrogen (secondary N) is 1. The van der Waals surface area contributed by atoms with Crippen LogP contribution in [0, 0.1) is 16.1 Å². The topological polar surface area (TPSA) is 47.8 Å². The smallest absolute Gasteiger partial charge is 0.178 e. The number of aromatic nitrogens is 2. The first-order valence-corrected chi connectivity index (χ1v) is 7.51. The molecule has 4 nitrogen and oxygen atoms in total. The average Bonchev–Trinajstić information content (AvgIpc) is 2.83. The van der Waals surface area contributed by atoms with E-state index in [9.17, 15) is 5.26 Å². The van der Waals surface area contributed by atoms with Crippen molar-refractivity contribution < 1.29 is 0 Å². The predicted octanol–water partition coefficient (Wildman–Crippen LogP) is 3.23. The fourth-order valence-corrected chi connectivity index (χ4v) is 3.48. The molecular weight excluding hydrogens is 268 g/mol. The molecule has 104 valence electrons. The van der Waals surface area contributed by atoms with Crippen molar-refractivity contribution in [2.24, 2.45) is 0 Å². The van der Waals surface area contributed by atoms with Gasteiger partial charge in [0, 0.05) is 12.6 Å². The highest BCUT2D eigenvalue weighted by molar-refractivity contribution is 7.71. The third kappa shape index (κ3) is 2.15. The lowest BCUT2D eigenvalue weighted by molar-refractivity contribution is 0.187. The van der Waals surface area contributed by atoms with E-state index in [2.05, 4.69) is 27.4 Å². The molecule has 3 rings (SSSR count). The van der Waals surface area contributed by atoms with Gasteiger partial charge in [0.2, 0.25) is 0 Å². The van der Waals surface area contributed by atoms with Gasteiger partial charge in [0.1, 0.15) is 6.07 Å². The van der Waals surface area contributed by atoms with Crippen LogP contribution in [0.4, 0.5) is 0 Å². The van der Waals surface area contributed by atoms with Crippen LogP contribution in [0.25, 0.3) is 11.0 Å². The summed E-state index contributed by atoms with van der Waals surface area (Å²) in [5.74, 6) is 0. The van der Waals surface area contributed by atoms with Crippen LogP contribution in [-0.4, -0.2) is 34.1 Å². The van der Waals surface area contributed by atoms with Crippen molar-refractivity contribution in [1.29, 1.82) is 5.26 Å². The second-order valence-electron chi connectivity index (χ2n) is 5.30. The second-order valence-corrected chi connectivity index (χ2v) is 5.69. The van der Waals surface area contributed by atoms with Crippen LogP contribution in [0.3, 0.4) is 0 Å². The maximum atomic E-state index is 9.20. The molecular formula is C15H18N4S. The third-order valence-electron chi connectivity index (χ3n) is 4.17. The van der Waals surface area contributed by atoms with Gasteiger partial charge >= 0.3 is 0 Å². The van der Waals surface area contributed by atoms with E-state index < -0.39 is 0 Å². The first-order valence-electron chi connectivity index (χ1n) is 7.10. The van der Waals surface area contributed by atoms with Crippen molar-refractivity contribution in [3.63, 3.8) is 0 Å². The molecule has 1 aliphatic heterocycles. The zero-order valence-electron chi connectivity index (χ0n) is 11.6. The Bertz CT molecular complexity index is 722. The van der Waals surface area contributed by atoms with Crippen molar-refractivity contribution >= 4 is 23.3 Å². The highest BCUT2D eigenvalue weighted by atomic mass is 32.1. The number of benzene rings is 1. The van der Waals surface area contributed by atoms with E-state index >= 15 is 0 Å². The largest absolute Gasteiger partial charge is 0.329 e. The molecule has 0 spiro atoms. The van der Waals surface area contributed by atoms with E-state index in [1.807, 2.05) is 18.2 Å². The second kappa shape index (κ2) is 5.39. The van der Waals surface area contributed by atoms with E-state index in [1.165, 1.54) is 13.0 Å². The van der Waals surface area contributed by atoms with Gasteiger partial charge in [-0.3, -0.25) is 0 Å². The summed E-state index contributed by atoms with van der Waals surface area (Å²) in [6.07, 6.45) is 2.35. The molecule has 1 aliphatic rings. The average molecular weight is 286 g/mol. The lowest BCUT2D eigenvalue weighted by atomic mass is 10.1. The van der Waals surface area contributed by atoms with Gasteiger partial charge in [0.05, 0.1) is 16.6 Å². The number of rotatable bonds is 2. The Morgan fingerprint density at radius 3 is 3.10 bits per heavy atom. The molecule has 0 bridgehead atoms. The number of H-pyrrole nitrogens is 1. The molecule has 0 radical (unpaired) electrons. The summed E-state index contributed by atoms with van der Waals surface area (Å²) in [6, 6.07) is 8.44. The molecule has 1 atom stereocenters. The maximum Gasteiger partial charge on any atom is 0.178 e. The van der Waals surface area contributed by atoms with Crippen LogP contribution in [0.15, 0.2) is 18.2 Å². The molecule has 0 amide bonds. The Morgan fingerprint density at radius 2 is 2.35 bits per heavy atom. The molecule has 1 aromatic heterocycles. The highest BCUT2D eigenvalue weighted by Gasteiger charge is 2.22. The number of nitriles is 1. The van der Waals surface area contributed by atoms with E-state index in [1.54, 1.807) is 0 Å². The number of imidazole rings is 1. The van der Waals surface area contributed by atoms with E-state index in [-0.39, 0.29) is 0 Å². The normalized spacial score (nSPS) is 20.1. The summed E-state index contributed by atoms with van der Waals surface area (Å²) in [7, 11) is 0. The Labute approximate surface area is 123 Å². The van der Waals surface area contributed by atoms with Crippen LogP contribution in [0.5, 0.6) is 0 Å². The molecule has 5 heteroatoms. The highest BCUT2D eigenvalue weighted by Crippen LogP contribution is 2.27. The van der Waals surface area contributed by atoms with Gasteiger partial charge in [0.15, 0.2) is 4.77 Å². The minimum Gasteiger partial charge on any atom is -0.329 e. The molecule has 2 heterocycles. The summed E-state index contributed by atoms with van der Waals surface area (Å²) in [5.41, 5.74) is 2.58. The van der Waals surface area contributed by atoms with Crippen molar-refractivity contribution in [2.75, 3.05) is 19.6 Å². The first-order chi connectivity index (χ1) is 9.74. The summed E-state index contributed by atoms with van der Waals surface area (Å²) in [4.78, 5) is 5.67. The minimum absolute atomic E-state index is 0.402. The summed E-state index contributed by atoms with van der Waals surface area (Å²) in [6.45, 7) is 5.49. The predicted molar refractivity (Wildman–Crippen MR) is 82.2 cm³/mol. The molecule has 1 aromatic carbocycles. The molecule has 1 unspecified atom stereocenters. The van der Waals surface area contributed by atoms with E-state index in [0.29, 0.717) is 11.6 Å². The van der Waals surface area contributed by atoms with Gasteiger partial charge < -0.3 is 14.5 Å². The molecule has 0 aliphatic carbocycles. The first kappa shape index (κ1) is 13.3. The summed E-state index contributed by atoms with van der Waals surface area (Å²) in [5, 5.41) is 9.20. The molecule has 1 saturated heterocycles. The van der Waals surface area contributed by atoms with Gasteiger partial charge in [-0.15, -0.1) is 0 Å². The number of piperidine rings is 1. The van der Waals surface area contributed by atoms with E-state index in [0.717, 1.165) is 35.3 Å². The van der Waals surface area contributed by atoms with Crippen LogP contribution >= 0.6 is 12.2 Å². The lowest BCUT2D eigenvalue weighted by Gasteiger charge is -2.32. The molecule has 1 N–H and O–H groups in total. The van der Waals surface area contributed by atoms with Gasteiger partial charge in [-0.1, -0.05) is 13.0 Å². The molecule has 0 saturated carbocycles. The Morgan fingerprint density at radius 1 is 1.50 bits per heavy atom. The van der Waals surface area contributed by atoms with Gasteiger partial charge in [-0.25, -0.2) is 0 Å². The monoisotopic (exact) mass is 286 g/mol. The van der Waals surface area contributed by atoms with Crippen LogP contribution in [0.2, 0.25) is 0 Å². The number of fused-ring (bicyclic) bond motifs is 1. The Balaban J connectivity index is 2.10. The summed E-state index contributed by atoms with van der Waals surface area (Å²) >= 11 is 5.50. The van der Waals surface area contributed by atoms with Gasteiger partial charge in [0.25, 0.3) is 0 Å². The van der Waals surface area contributed by atoms with Crippen LogP contribution in [-0.2, 0) is 0 Å². The molecule has 20 heavy (non-hydrogen) atoms. The number of nitrogens with zero attached hydrogens (tertiary/aromatic N) is 3. The fraction of sp³-hybridized carbons (Fsp3) is 0.467. The number of likely N-dealkylation sites (N-methyl/N-ethyl adjacent to an activating group) is 1. The quantitative estimate of drug-likeness (QED) is 0.862. The molecule has 1 fully saturated rings. The van der Waals surface area contributed by atoms with Crippen molar-refractivity contribution in [3.8, 4) is 6.07 Å². The SMILES string of the molecule is CCN1CCCC(n2c(=S)[nH]c3c(C#N)cccc32)C1. The Hall–Kier alpha value is -1.64. The van der Waals surface area contributed by atoms with Gasteiger partial charge in [-0.2, -0.15) is 5.26 Å². The maximum absolute atomic E-state index is 9.20. The number of aromatic amines is 1. The zero-order chi connectivity index (χ0) is 14.1. The van der Waals surface area contributed by atoms with Crippen LogP contribution < -0.4 is 0 Å². The Kier molecular flexibility index (Phi) is 3.60. The van der Waals surface area contributed by atoms with E-state index in [4.69, 9.17) is 12.2 Å². The minimum atomic E-state index is 0.402. The fourth-order valence-electron chi connectivity index (χ4n) is 3.13.